The molecule has 3 aliphatic rings. The van der Waals surface area contributed by atoms with Gasteiger partial charge in [-0.15, -0.1) is 0 Å². The zero-order chi connectivity index (χ0) is 21.1. The van der Waals surface area contributed by atoms with E-state index in [1.165, 1.54) is 0 Å². The fourth-order valence-electron chi connectivity index (χ4n) is 5.05. The maximum Gasteiger partial charge on any atom is 0.319 e. The number of piperidine rings is 2. The Balaban J connectivity index is 1.20. The van der Waals surface area contributed by atoms with E-state index in [4.69, 9.17) is 9.47 Å². The number of hydrogen-bond acceptors (Lipinski definition) is 4. The van der Waals surface area contributed by atoms with E-state index in [2.05, 4.69) is 4.90 Å². The van der Waals surface area contributed by atoms with Crippen molar-refractivity contribution in [2.24, 2.45) is 0 Å². The number of likely N-dealkylation sites (tertiary alicyclic amines) is 1. The van der Waals surface area contributed by atoms with E-state index >= 15 is 0 Å². The second kappa shape index (κ2) is 9.25. The predicted octanol–water partition coefficient (Wildman–Crippen LogP) is 2.75. The number of hydrogen-bond donors (Lipinski definition) is 0. The summed E-state index contributed by atoms with van der Waals surface area (Å²) in [5, 5.41) is 0. The quantitative estimate of drug-likeness (QED) is 0.742. The number of fused-ring (bicyclic) bond motifs is 2. The van der Waals surface area contributed by atoms with Gasteiger partial charge in [0, 0.05) is 39.3 Å². The molecule has 7 nitrogen and oxygen atoms in total. The lowest BCUT2D eigenvalue weighted by Crippen LogP contribution is -2.52. The van der Waals surface area contributed by atoms with Gasteiger partial charge in [0.15, 0.2) is 6.61 Å². The topological polar surface area (TPSA) is 62.3 Å². The van der Waals surface area contributed by atoms with Gasteiger partial charge < -0.3 is 24.2 Å². The van der Waals surface area contributed by atoms with Gasteiger partial charge >= 0.3 is 6.03 Å². The number of nitrogens with zero attached hydrogens (tertiary/aromatic N) is 3. The molecule has 3 aliphatic heterocycles. The third-order valence-corrected chi connectivity index (χ3v) is 6.58. The smallest absolute Gasteiger partial charge is 0.319 e. The van der Waals surface area contributed by atoms with Crippen molar-refractivity contribution < 1.29 is 19.1 Å². The van der Waals surface area contributed by atoms with Gasteiger partial charge in [-0.3, -0.25) is 4.79 Å². The molecule has 4 rings (SSSR count). The van der Waals surface area contributed by atoms with Crippen molar-refractivity contribution in [2.45, 2.75) is 62.8 Å². The van der Waals surface area contributed by atoms with Crippen LogP contribution >= 0.6 is 0 Å². The lowest BCUT2D eigenvalue weighted by Gasteiger charge is -2.42. The summed E-state index contributed by atoms with van der Waals surface area (Å²) < 4.78 is 12.0. The summed E-state index contributed by atoms with van der Waals surface area (Å²) in [6.07, 6.45) is 6.18. The lowest BCUT2D eigenvalue weighted by molar-refractivity contribution is -0.137. The molecular formula is C23H33N3O4. The fourth-order valence-corrected chi connectivity index (χ4v) is 5.05. The molecule has 2 unspecified atom stereocenters. The molecule has 0 N–H and O–H groups in total. The summed E-state index contributed by atoms with van der Waals surface area (Å²) in [5.74, 6) is 0.753. The Hall–Kier alpha value is -2.28. The van der Waals surface area contributed by atoms with Crippen LogP contribution in [0.4, 0.5) is 4.79 Å². The first kappa shape index (κ1) is 21.0. The molecule has 3 saturated heterocycles. The minimum atomic E-state index is 0.0332. The second-order valence-corrected chi connectivity index (χ2v) is 8.88. The molecule has 3 amide bonds. The van der Waals surface area contributed by atoms with Crippen molar-refractivity contribution in [2.75, 3.05) is 33.8 Å². The largest absolute Gasteiger partial charge is 0.484 e. The first-order valence-corrected chi connectivity index (χ1v) is 11.1. The maximum atomic E-state index is 12.5. The zero-order valence-electron chi connectivity index (χ0n) is 18.0. The van der Waals surface area contributed by atoms with Crippen LogP contribution in [-0.4, -0.2) is 84.7 Å². The molecule has 1 aromatic carbocycles. The average molecular weight is 416 g/mol. The van der Waals surface area contributed by atoms with Gasteiger partial charge in [-0.1, -0.05) is 18.2 Å². The number of para-hydroxylation sites is 1. The number of rotatable bonds is 5. The van der Waals surface area contributed by atoms with Crippen LogP contribution in [0.15, 0.2) is 30.3 Å². The van der Waals surface area contributed by atoms with E-state index < -0.39 is 0 Å². The van der Waals surface area contributed by atoms with Gasteiger partial charge in [0.2, 0.25) is 0 Å². The van der Waals surface area contributed by atoms with Crippen molar-refractivity contribution in [3.05, 3.63) is 30.3 Å². The van der Waals surface area contributed by atoms with Crippen molar-refractivity contribution in [3.63, 3.8) is 0 Å². The molecule has 0 aliphatic carbocycles. The highest BCUT2D eigenvalue weighted by Gasteiger charge is 2.44. The minimum Gasteiger partial charge on any atom is -0.484 e. The summed E-state index contributed by atoms with van der Waals surface area (Å²) in [5.41, 5.74) is 0. The van der Waals surface area contributed by atoms with Gasteiger partial charge in [0.1, 0.15) is 5.75 Å². The van der Waals surface area contributed by atoms with E-state index in [1.54, 1.807) is 4.90 Å². The van der Waals surface area contributed by atoms with E-state index in [9.17, 15) is 9.59 Å². The Labute approximate surface area is 178 Å². The Morgan fingerprint density at radius 2 is 1.60 bits per heavy atom. The summed E-state index contributed by atoms with van der Waals surface area (Å²) in [7, 11) is 3.65. The summed E-state index contributed by atoms with van der Waals surface area (Å²) in [4.78, 5) is 30.5. The fraction of sp³-hybridized carbons (Fsp3) is 0.652. The molecule has 30 heavy (non-hydrogen) atoms. The third kappa shape index (κ3) is 4.72. The predicted molar refractivity (Wildman–Crippen MR) is 113 cm³/mol. The first-order valence-electron chi connectivity index (χ1n) is 11.1. The Morgan fingerprint density at radius 1 is 0.967 bits per heavy atom. The number of benzene rings is 1. The van der Waals surface area contributed by atoms with Crippen LogP contribution in [0.1, 0.15) is 38.5 Å². The molecule has 0 radical (unpaired) electrons. The van der Waals surface area contributed by atoms with E-state index in [1.807, 2.05) is 49.3 Å². The number of carbonyl (C=O) groups is 2. The van der Waals surface area contributed by atoms with Crippen LogP contribution in [-0.2, 0) is 9.53 Å². The van der Waals surface area contributed by atoms with E-state index in [-0.39, 0.29) is 30.8 Å². The summed E-state index contributed by atoms with van der Waals surface area (Å²) in [6.45, 7) is 1.51. The standard InChI is InChI=1S/C23H33N3O4/c1-24(2)23(28)26-17-8-9-18(26)15-21(14-17)30-20-10-12-25(13-11-20)22(27)16-29-19-6-4-3-5-7-19/h3-7,17-18,20-21H,8-16H2,1-2H3. The number of amides is 3. The third-order valence-electron chi connectivity index (χ3n) is 6.58. The molecule has 3 fully saturated rings. The molecule has 2 atom stereocenters. The minimum absolute atomic E-state index is 0.0332. The zero-order valence-corrected chi connectivity index (χ0v) is 18.0. The van der Waals surface area contributed by atoms with Crippen molar-refractivity contribution in [1.29, 1.82) is 0 Å². The van der Waals surface area contributed by atoms with Crippen molar-refractivity contribution in [3.8, 4) is 5.75 Å². The van der Waals surface area contributed by atoms with Crippen LogP contribution < -0.4 is 4.74 Å². The van der Waals surface area contributed by atoms with Crippen molar-refractivity contribution in [1.82, 2.24) is 14.7 Å². The molecule has 2 bridgehead atoms. The van der Waals surface area contributed by atoms with Gasteiger partial charge in [-0.25, -0.2) is 4.79 Å². The van der Waals surface area contributed by atoms with E-state index in [0.717, 1.165) is 44.3 Å². The van der Waals surface area contributed by atoms with Crippen LogP contribution in [0.5, 0.6) is 5.75 Å². The molecular weight excluding hydrogens is 382 g/mol. The molecule has 7 heteroatoms. The first-order chi connectivity index (χ1) is 14.5. The van der Waals surface area contributed by atoms with Crippen LogP contribution in [0.2, 0.25) is 0 Å². The van der Waals surface area contributed by atoms with E-state index in [0.29, 0.717) is 25.2 Å². The molecule has 0 saturated carbocycles. The summed E-state index contributed by atoms with van der Waals surface area (Å²) in [6, 6.07) is 10.2. The monoisotopic (exact) mass is 415 g/mol. The normalized spacial score (nSPS) is 26.5. The molecule has 0 spiro atoms. The van der Waals surface area contributed by atoms with Crippen LogP contribution in [0, 0.1) is 0 Å². The van der Waals surface area contributed by atoms with Gasteiger partial charge in [0.25, 0.3) is 5.91 Å². The number of ether oxygens (including phenoxy) is 2. The Morgan fingerprint density at radius 3 is 2.20 bits per heavy atom. The van der Waals surface area contributed by atoms with Crippen LogP contribution in [0.3, 0.4) is 0 Å². The van der Waals surface area contributed by atoms with Gasteiger partial charge in [0.05, 0.1) is 12.2 Å². The lowest BCUT2D eigenvalue weighted by atomic mass is 9.99. The molecule has 1 aromatic rings. The number of urea groups is 1. The molecule has 0 aromatic heterocycles. The SMILES string of the molecule is CN(C)C(=O)N1C2CCC1CC(OC1CCN(C(=O)COc3ccccc3)CC1)C2. The Bertz CT molecular complexity index is 719. The van der Waals surface area contributed by atoms with Gasteiger partial charge in [-0.05, 0) is 50.7 Å². The second-order valence-electron chi connectivity index (χ2n) is 8.88. The average Bonchev–Trinajstić information content (AvgIpc) is 3.02. The molecule has 3 heterocycles. The van der Waals surface area contributed by atoms with Crippen LogP contribution in [0.25, 0.3) is 0 Å². The highest BCUT2D eigenvalue weighted by Crippen LogP contribution is 2.38. The Kier molecular flexibility index (Phi) is 6.46. The highest BCUT2D eigenvalue weighted by atomic mass is 16.5. The van der Waals surface area contributed by atoms with Gasteiger partial charge in [-0.2, -0.15) is 0 Å². The molecule has 164 valence electrons. The highest BCUT2D eigenvalue weighted by molar-refractivity contribution is 5.78. The number of carbonyl (C=O) groups excluding carboxylic acids is 2. The van der Waals surface area contributed by atoms with Crippen molar-refractivity contribution >= 4 is 11.9 Å². The maximum absolute atomic E-state index is 12.5. The summed E-state index contributed by atoms with van der Waals surface area (Å²) >= 11 is 0.